The molecule has 0 unspecified atom stereocenters. The first-order chi connectivity index (χ1) is 15.1. The molecule has 0 aromatic heterocycles. The largest absolute Gasteiger partial charge is 0.444 e. The number of hydrogen-bond donors (Lipinski definition) is 1. The summed E-state index contributed by atoms with van der Waals surface area (Å²) in [5.41, 5.74) is -0.286. The molecule has 0 aromatic rings. The van der Waals surface area contributed by atoms with Gasteiger partial charge in [0.25, 0.3) is 0 Å². The number of carbonyl (C=O) groups is 3. The van der Waals surface area contributed by atoms with E-state index < -0.39 is 11.7 Å². The first-order valence-electron chi connectivity index (χ1n) is 12.6. The van der Waals surface area contributed by atoms with Crippen LogP contribution in [0.25, 0.3) is 0 Å². The Bertz CT molecular complexity index is 694. The summed E-state index contributed by atoms with van der Waals surface area (Å²) in [6.45, 7) is 8.31. The molecule has 7 heteroatoms. The molecule has 4 aliphatic carbocycles. The van der Waals surface area contributed by atoms with Crippen molar-refractivity contribution in [3.63, 3.8) is 0 Å². The molecular formula is C25H41N3O4. The van der Waals surface area contributed by atoms with E-state index in [1.807, 2.05) is 30.6 Å². The van der Waals surface area contributed by atoms with E-state index in [1.54, 1.807) is 0 Å². The summed E-state index contributed by atoms with van der Waals surface area (Å²) in [5.74, 6) is 2.91. The summed E-state index contributed by atoms with van der Waals surface area (Å²) in [6.07, 6.45) is 9.26. The lowest BCUT2D eigenvalue weighted by atomic mass is 9.49. The van der Waals surface area contributed by atoms with Crippen molar-refractivity contribution < 1.29 is 19.1 Å². The molecule has 0 atom stereocenters. The highest BCUT2D eigenvalue weighted by Gasteiger charge is 2.51. The van der Waals surface area contributed by atoms with Crippen LogP contribution in [-0.4, -0.2) is 66.0 Å². The van der Waals surface area contributed by atoms with E-state index in [4.69, 9.17) is 4.74 Å². The summed E-state index contributed by atoms with van der Waals surface area (Å²) in [4.78, 5) is 41.5. The Hall–Kier alpha value is -1.79. The molecule has 0 spiro atoms. The predicted molar refractivity (Wildman–Crippen MR) is 122 cm³/mol. The van der Waals surface area contributed by atoms with Crippen molar-refractivity contribution in [1.29, 1.82) is 0 Å². The van der Waals surface area contributed by atoms with Gasteiger partial charge in [-0.15, -0.1) is 0 Å². The molecule has 5 rings (SSSR count). The van der Waals surface area contributed by atoms with E-state index in [-0.39, 0.29) is 24.3 Å². The quantitative estimate of drug-likeness (QED) is 0.699. The Morgan fingerprint density at radius 3 is 1.94 bits per heavy atom. The van der Waals surface area contributed by atoms with Crippen molar-refractivity contribution >= 4 is 17.9 Å². The minimum absolute atomic E-state index is 0.0245. The molecular weight excluding hydrogens is 406 g/mol. The van der Waals surface area contributed by atoms with Crippen LogP contribution in [0.4, 0.5) is 4.79 Å². The van der Waals surface area contributed by atoms with Gasteiger partial charge in [-0.3, -0.25) is 9.59 Å². The molecule has 0 radical (unpaired) electrons. The average Bonchev–Trinajstić information content (AvgIpc) is 2.91. The monoisotopic (exact) mass is 447 g/mol. The molecule has 180 valence electrons. The van der Waals surface area contributed by atoms with Gasteiger partial charge in [-0.25, -0.2) is 4.79 Å². The standard InChI is InChI=1S/C25H41N3O4/c1-24(2,3)32-23(31)26-6-5-21(29)27-7-4-8-28(10-9-27)22(30)17-25-14-18-11-19(15-25)13-20(12-18)16-25/h18-20H,4-17H2,1-3H3,(H,26,31). The smallest absolute Gasteiger partial charge is 0.407 e. The zero-order valence-corrected chi connectivity index (χ0v) is 20.2. The highest BCUT2D eigenvalue weighted by Crippen LogP contribution is 2.61. The van der Waals surface area contributed by atoms with E-state index in [0.29, 0.717) is 32.0 Å². The van der Waals surface area contributed by atoms with Gasteiger partial charge in [-0.05, 0) is 88.9 Å². The van der Waals surface area contributed by atoms with E-state index in [9.17, 15) is 14.4 Å². The second kappa shape index (κ2) is 9.22. The van der Waals surface area contributed by atoms with Crippen LogP contribution in [0, 0.1) is 23.2 Å². The zero-order valence-electron chi connectivity index (χ0n) is 20.2. The van der Waals surface area contributed by atoms with Crippen molar-refractivity contribution in [3.05, 3.63) is 0 Å². The number of amides is 3. The van der Waals surface area contributed by atoms with Crippen LogP contribution in [0.15, 0.2) is 0 Å². The Balaban J connectivity index is 1.21. The average molecular weight is 448 g/mol. The first kappa shape index (κ1) is 23.4. The number of ether oxygens (including phenoxy) is 1. The summed E-state index contributed by atoms with van der Waals surface area (Å²) < 4.78 is 5.21. The van der Waals surface area contributed by atoms with Gasteiger partial charge < -0.3 is 19.9 Å². The molecule has 3 amide bonds. The molecule has 7 nitrogen and oxygen atoms in total. The Kier molecular flexibility index (Phi) is 6.73. The van der Waals surface area contributed by atoms with Gasteiger partial charge in [-0.2, -0.15) is 0 Å². The summed E-state index contributed by atoms with van der Waals surface area (Å²) >= 11 is 0. The second-order valence-electron chi connectivity index (χ2n) is 11.9. The Labute approximate surface area is 192 Å². The fourth-order valence-corrected chi connectivity index (χ4v) is 7.10. The number of carbonyl (C=O) groups excluding carboxylic acids is 3. The van der Waals surface area contributed by atoms with Gasteiger partial charge in [-0.1, -0.05) is 0 Å². The third-order valence-corrected chi connectivity index (χ3v) is 7.90. The second-order valence-corrected chi connectivity index (χ2v) is 11.9. The van der Waals surface area contributed by atoms with Crippen LogP contribution < -0.4 is 5.32 Å². The molecule has 32 heavy (non-hydrogen) atoms. The maximum atomic E-state index is 13.2. The molecule has 4 saturated carbocycles. The SMILES string of the molecule is CC(C)(C)OC(=O)NCCC(=O)N1CCCN(C(=O)CC23CC4CC(CC(C4)C2)C3)CC1. The van der Waals surface area contributed by atoms with Gasteiger partial charge in [0, 0.05) is 45.6 Å². The first-order valence-corrected chi connectivity index (χ1v) is 12.6. The van der Waals surface area contributed by atoms with Crippen LogP contribution >= 0.6 is 0 Å². The van der Waals surface area contributed by atoms with Crippen molar-refractivity contribution in [2.45, 2.75) is 84.2 Å². The predicted octanol–water partition coefficient (Wildman–Crippen LogP) is 3.57. The molecule has 1 saturated heterocycles. The summed E-state index contributed by atoms with van der Waals surface area (Å²) in [5, 5.41) is 2.65. The lowest BCUT2D eigenvalue weighted by molar-refractivity contribution is -0.140. The maximum absolute atomic E-state index is 13.2. The van der Waals surface area contributed by atoms with Gasteiger partial charge in [0.2, 0.25) is 11.8 Å². The molecule has 5 aliphatic rings. The van der Waals surface area contributed by atoms with E-state index >= 15 is 0 Å². The van der Waals surface area contributed by atoms with Crippen molar-refractivity contribution in [3.8, 4) is 0 Å². The fraction of sp³-hybridized carbons (Fsp3) is 0.880. The Morgan fingerprint density at radius 2 is 1.41 bits per heavy atom. The summed E-state index contributed by atoms with van der Waals surface area (Å²) in [6, 6.07) is 0. The zero-order chi connectivity index (χ0) is 22.9. The lowest BCUT2D eigenvalue weighted by Crippen LogP contribution is -2.48. The minimum Gasteiger partial charge on any atom is -0.444 e. The van der Waals surface area contributed by atoms with Crippen molar-refractivity contribution in [2.75, 3.05) is 32.7 Å². The highest BCUT2D eigenvalue weighted by molar-refractivity contribution is 5.79. The Morgan fingerprint density at radius 1 is 0.875 bits per heavy atom. The molecule has 1 aliphatic heterocycles. The van der Waals surface area contributed by atoms with E-state index in [2.05, 4.69) is 5.32 Å². The molecule has 5 fully saturated rings. The number of alkyl carbamates (subject to hydrolysis) is 1. The molecule has 1 heterocycles. The third kappa shape index (κ3) is 5.76. The topological polar surface area (TPSA) is 79.0 Å². The fourth-order valence-electron chi connectivity index (χ4n) is 7.10. The van der Waals surface area contributed by atoms with Crippen molar-refractivity contribution in [2.24, 2.45) is 23.2 Å². The van der Waals surface area contributed by atoms with Gasteiger partial charge in [0.1, 0.15) is 5.60 Å². The molecule has 0 aromatic carbocycles. The normalized spacial score (nSPS) is 31.9. The maximum Gasteiger partial charge on any atom is 0.407 e. The van der Waals surface area contributed by atoms with Crippen LogP contribution in [0.3, 0.4) is 0 Å². The van der Waals surface area contributed by atoms with Crippen LogP contribution in [0.5, 0.6) is 0 Å². The van der Waals surface area contributed by atoms with Crippen molar-refractivity contribution in [1.82, 2.24) is 15.1 Å². The number of nitrogens with zero attached hydrogens (tertiary/aromatic N) is 2. The van der Waals surface area contributed by atoms with Crippen LogP contribution in [-0.2, 0) is 14.3 Å². The van der Waals surface area contributed by atoms with E-state index in [0.717, 1.165) is 30.7 Å². The number of hydrogen-bond acceptors (Lipinski definition) is 4. The lowest BCUT2D eigenvalue weighted by Gasteiger charge is -2.57. The van der Waals surface area contributed by atoms with Gasteiger partial charge in [0.15, 0.2) is 0 Å². The van der Waals surface area contributed by atoms with Gasteiger partial charge >= 0.3 is 6.09 Å². The van der Waals surface area contributed by atoms with Crippen LogP contribution in [0.1, 0.15) is 78.6 Å². The summed E-state index contributed by atoms with van der Waals surface area (Å²) in [7, 11) is 0. The third-order valence-electron chi connectivity index (χ3n) is 7.90. The molecule has 4 bridgehead atoms. The minimum atomic E-state index is -0.551. The van der Waals surface area contributed by atoms with Crippen LogP contribution in [0.2, 0.25) is 0 Å². The highest BCUT2D eigenvalue weighted by atomic mass is 16.6. The van der Waals surface area contributed by atoms with E-state index in [1.165, 1.54) is 38.5 Å². The number of rotatable bonds is 5. The number of nitrogens with one attached hydrogen (secondary N) is 1. The van der Waals surface area contributed by atoms with Gasteiger partial charge in [0.05, 0.1) is 0 Å². The molecule has 1 N–H and O–H groups in total.